The maximum Gasteiger partial charge on any atom is 0.329 e. The van der Waals surface area contributed by atoms with Crippen molar-refractivity contribution in [2.24, 2.45) is 5.92 Å². The highest BCUT2D eigenvalue weighted by atomic mass is 35.5. The molecule has 0 bridgehead atoms. The summed E-state index contributed by atoms with van der Waals surface area (Å²) in [6.45, 7) is 5.45. The van der Waals surface area contributed by atoms with Gasteiger partial charge in [0.05, 0.1) is 7.11 Å². The van der Waals surface area contributed by atoms with Crippen molar-refractivity contribution in [2.75, 3.05) is 7.11 Å². The van der Waals surface area contributed by atoms with Crippen molar-refractivity contribution in [1.29, 1.82) is 0 Å². The van der Waals surface area contributed by atoms with E-state index in [9.17, 15) is 9.59 Å². The quantitative estimate of drug-likeness (QED) is 0.712. The lowest BCUT2D eigenvalue weighted by Gasteiger charge is -2.23. The summed E-state index contributed by atoms with van der Waals surface area (Å²) in [4.78, 5) is 25.1. The average Bonchev–Trinajstić information content (AvgIpc) is 2.65. The van der Waals surface area contributed by atoms with Crippen LogP contribution >= 0.6 is 11.6 Å². The van der Waals surface area contributed by atoms with E-state index in [1.807, 2.05) is 26.0 Å². The Morgan fingerprint density at radius 3 is 2.19 bits per heavy atom. The maximum absolute atomic E-state index is 12.6. The second-order valence-corrected chi connectivity index (χ2v) is 6.93. The number of methoxy groups -OCH3 is 1. The fourth-order valence-corrected chi connectivity index (χ4v) is 2.87. The highest BCUT2D eigenvalue weighted by Crippen LogP contribution is 2.25. The Hall–Kier alpha value is -2.53. The van der Waals surface area contributed by atoms with Gasteiger partial charge in [-0.2, -0.15) is 0 Å². The molecule has 0 unspecified atom stereocenters. The molecule has 2 atom stereocenters. The molecule has 27 heavy (non-hydrogen) atoms. The second-order valence-electron chi connectivity index (χ2n) is 6.52. The summed E-state index contributed by atoms with van der Waals surface area (Å²) in [7, 11) is 1.56. The van der Waals surface area contributed by atoms with Crippen LogP contribution < -0.4 is 10.1 Å². The molecule has 1 N–H and O–H groups in total. The number of rotatable bonds is 7. The summed E-state index contributed by atoms with van der Waals surface area (Å²) in [5.74, 6) is -0.337. The van der Waals surface area contributed by atoms with E-state index in [0.29, 0.717) is 16.3 Å². The van der Waals surface area contributed by atoms with Gasteiger partial charge in [-0.3, -0.25) is 4.79 Å². The fraction of sp³-hybridized carbons (Fsp3) is 0.333. The highest BCUT2D eigenvalue weighted by Gasteiger charge is 2.28. The van der Waals surface area contributed by atoms with Crippen molar-refractivity contribution < 1.29 is 19.1 Å². The van der Waals surface area contributed by atoms with E-state index in [-0.39, 0.29) is 11.8 Å². The molecule has 0 aliphatic heterocycles. The van der Waals surface area contributed by atoms with E-state index in [2.05, 4.69) is 5.32 Å². The maximum atomic E-state index is 12.6. The van der Waals surface area contributed by atoms with Gasteiger partial charge in [0, 0.05) is 16.1 Å². The Morgan fingerprint density at radius 1 is 1.00 bits per heavy atom. The molecular weight excluding hydrogens is 366 g/mol. The zero-order valence-corrected chi connectivity index (χ0v) is 16.6. The number of nitrogens with one attached hydrogen (secondary N) is 1. The minimum atomic E-state index is -0.774. The van der Waals surface area contributed by atoms with E-state index in [0.717, 1.165) is 5.56 Å². The van der Waals surface area contributed by atoms with Crippen LogP contribution in [0.4, 0.5) is 0 Å². The monoisotopic (exact) mass is 389 g/mol. The van der Waals surface area contributed by atoms with Crippen LogP contribution in [0.15, 0.2) is 48.5 Å². The molecule has 5 nitrogen and oxygen atoms in total. The summed E-state index contributed by atoms with van der Waals surface area (Å²) in [6.07, 6.45) is -0.523. The topological polar surface area (TPSA) is 64.6 Å². The molecule has 0 saturated heterocycles. The van der Waals surface area contributed by atoms with Crippen LogP contribution in [0.25, 0.3) is 0 Å². The predicted octanol–water partition coefficient (Wildman–Crippen LogP) is 4.41. The molecular formula is C21H24ClNO4. The molecule has 0 aliphatic carbocycles. The van der Waals surface area contributed by atoms with Crippen LogP contribution in [0.2, 0.25) is 5.02 Å². The summed E-state index contributed by atoms with van der Waals surface area (Å²) in [6, 6.07) is 13.1. The molecule has 0 aliphatic rings. The first-order valence-corrected chi connectivity index (χ1v) is 9.11. The van der Waals surface area contributed by atoms with Crippen molar-refractivity contribution in [3.8, 4) is 5.75 Å². The lowest BCUT2D eigenvalue weighted by atomic mass is 10.0. The Kier molecular flexibility index (Phi) is 7.25. The van der Waals surface area contributed by atoms with Crippen LogP contribution in [0.3, 0.4) is 0 Å². The molecule has 0 fully saturated rings. The van der Waals surface area contributed by atoms with Crippen molar-refractivity contribution >= 4 is 23.5 Å². The van der Waals surface area contributed by atoms with Gasteiger partial charge in [0.2, 0.25) is 0 Å². The number of halogens is 1. The number of carbonyl (C=O) groups excluding carboxylic acids is 2. The average molecular weight is 390 g/mol. The molecule has 2 aromatic carbocycles. The number of hydrogen-bond donors (Lipinski definition) is 1. The third-order valence-corrected chi connectivity index (χ3v) is 4.54. The van der Waals surface area contributed by atoms with Gasteiger partial charge >= 0.3 is 5.97 Å². The van der Waals surface area contributed by atoms with Gasteiger partial charge in [0.25, 0.3) is 5.91 Å². The third-order valence-electron chi connectivity index (χ3n) is 4.20. The zero-order valence-electron chi connectivity index (χ0n) is 15.9. The van der Waals surface area contributed by atoms with Crippen molar-refractivity contribution in [2.45, 2.75) is 32.9 Å². The highest BCUT2D eigenvalue weighted by molar-refractivity contribution is 6.31. The number of benzene rings is 2. The molecule has 144 valence electrons. The van der Waals surface area contributed by atoms with Crippen molar-refractivity contribution in [3.05, 3.63) is 64.7 Å². The minimum absolute atomic E-state index is 0.141. The number of carbonyl (C=O) groups is 2. The standard InChI is InChI=1S/C21H24ClNO4/c1-13(2)19(23-20(24)15-9-11-16(26-4)12-10-15)21(25)27-14(3)17-7-5-6-8-18(17)22/h5-14,19H,1-4H3,(H,23,24)/t14-,19-/m0/s1. The lowest BCUT2D eigenvalue weighted by Crippen LogP contribution is -2.45. The van der Waals surface area contributed by atoms with E-state index in [1.54, 1.807) is 50.4 Å². The summed E-state index contributed by atoms with van der Waals surface area (Å²) in [5, 5.41) is 3.28. The number of amides is 1. The van der Waals surface area contributed by atoms with Gasteiger partial charge in [-0.25, -0.2) is 4.79 Å². The summed E-state index contributed by atoms with van der Waals surface area (Å²) in [5.41, 5.74) is 1.16. The Labute approximate surface area is 164 Å². The Balaban J connectivity index is 2.08. The number of ether oxygens (including phenoxy) is 2. The van der Waals surface area contributed by atoms with Gasteiger partial charge in [-0.05, 0) is 43.2 Å². The van der Waals surface area contributed by atoms with Crippen LogP contribution in [-0.4, -0.2) is 25.0 Å². The largest absolute Gasteiger partial charge is 0.497 e. The van der Waals surface area contributed by atoms with Gasteiger partial charge in [0.15, 0.2) is 0 Å². The zero-order chi connectivity index (χ0) is 20.0. The molecule has 2 rings (SSSR count). The van der Waals surface area contributed by atoms with E-state index < -0.39 is 18.1 Å². The number of hydrogen-bond acceptors (Lipinski definition) is 4. The Bertz CT molecular complexity index is 789. The molecule has 1 amide bonds. The van der Waals surface area contributed by atoms with Gasteiger partial charge in [0.1, 0.15) is 17.9 Å². The first-order chi connectivity index (χ1) is 12.8. The molecule has 0 saturated carbocycles. The first kappa shape index (κ1) is 20.8. The van der Waals surface area contributed by atoms with Crippen molar-refractivity contribution in [3.63, 3.8) is 0 Å². The Morgan fingerprint density at radius 2 is 1.63 bits per heavy atom. The normalized spacial score (nSPS) is 13.0. The molecule has 0 radical (unpaired) electrons. The van der Waals surface area contributed by atoms with Gasteiger partial charge in [-0.15, -0.1) is 0 Å². The van der Waals surface area contributed by atoms with Crippen molar-refractivity contribution in [1.82, 2.24) is 5.32 Å². The van der Waals surface area contributed by atoms with Gasteiger partial charge in [-0.1, -0.05) is 43.6 Å². The molecule has 2 aromatic rings. The van der Waals surface area contributed by atoms with Crippen LogP contribution in [0, 0.1) is 5.92 Å². The lowest BCUT2D eigenvalue weighted by molar-refractivity contribution is -0.152. The molecule has 0 heterocycles. The van der Waals surface area contributed by atoms with Crippen LogP contribution in [0.1, 0.15) is 42.8 Å². The smallest absolute Gasteiger partial charge is 0.329 e. The van der Waals surface area contributed by atoms with Crippen LogP contribution in [0.5, 0.6) is 5.75 Å². The van der Waals surface area contributed by atoms with E-state index in [4.69, 9.17) is 21.1 Å². The van der Waals surface area contributed by atoms with E-state index >= 15 is 0 Å². The second kappa shape index (κ2) is 9.42. The summed E-state index contributed by atoms with van der Waals surface area (Å²) >= 11 is 6.16. The fourth-order valence-electron chi connectivity index (χ4n) is 2.58. The van der Waals surface area contributed by atoms with E-state index in [1.165, 1.54) is 0 Å². The van der Waals surface area contributed by atoms with Crippen LogP contribution in [-0.2, 0) is 9.53 Å². The number of esters is 1. The molecule has 0 spiro atoms. The third kappa shape index (κ3) is 5.47. The molecule has 0 aromatic heterocycles. The minimum Gasteiger partial charge on any atom is -0.497 e. The molecule has 6 heteroatoms. The van der Waals surface area contributed by atoms with Gasteiger partial charge < -0.3 is 14.8 Å². The SMILES string of the molecule is COc1ccc(C(=O)N[C@H](C(=O)O[C@@H](C)c2ccccc2Cl)C(C)C)cc1. The summed E-state index contributed by atoms with van der Waals surface area (Å²) < 4.78 is 10.6. The first-order valence-electron chi connectivity index (χ1n) is 8.73. The predicted molar refractivity (Wildman–Crippen MR) is 105 cm³/mol.